The van der Waals surface area contributed by atoms with E-state index in [2.05, 4.69) is 15.4 Å². The molecule has 9 heteroatoms. The van der Waals surface area contributed by atoms with Crippen molar-refractivity contribution in [2.24, 2.45) is 0 Å². The summed E-state index contributed by atoms with van der Waals surface area (Å²) < 4.78 is 25.1. The molecular weight excluding hydrogens is 398 g/mol. The van der Waals surface area contributed by atoms with Crippen molar-refractivity contribution >= 4 is 39.3 Å². The van der Waals surface area contributed by atoms with Gasteiger partial charge >= 0.3 is 6.03 Å². The number of nitrogens with one attached hydrogen (secondary N) is 3. The Morgan fingerprint density at radius 1 is 1.04 bits per heavy atom. The summed E-state index contributed by atoms with van der Waals surface area (Å²) in [6, 6.07) is 16.2. The van der Waals surface area contributed by atoms with Gasteiger partial charge in [0.2, 0.25) is 15.8 Å². The van der Waals surface area contributed by atoms with Gasteiger partial charge in [0.25, 0.3) is 0 Å². The first-order valence-corrected chi connectivity index (χ1v) is 11.0. The summed E-state index contributed by atoms with van der Waals surface area (Å²) in [5.41, 5.74) is 2.28. The number of benzene rings is 2. The van der Waals surface area contributed by atoms with Gasteiger partial charge in [0, 0.05) is 17.5 Å². The Balaban J connectivity index is 1.70. The largest absolute Gasteiger partial charge is 0.323 e. The van der Waals surface area contributed by atoms with Crippen molar-refractivity contribution in [2.45, 2.75) is 11.5 Å². The highest BCUT2D eigenvalue weighted by atomic mass is 32.3. The zero-order valence-electron chi connectivity index (χ0n) is 15.0. The van der Waals surface area contributed by atoms with Crippen LogP contribution < -0.4 is 15.4 Å². The molecule has 2 aromatic rings. The third kappa shape index (κ3) is 4.44. The number of urea groups is 1. The number of rotatable bonds is 6. The highest BCUT2D eigenvalue weighted by Gasteiger charge is 2.39. The molecule has 0 fully saturated rings. The summed E-state index contributed by atoms with van der Waals surface area (Å²) in [7, 11) is -3.79. The topological polar surface area (TPSA) is 104 Å². The number of para-hydroxylation sites is 1. The number of sulfonamides is 1. The predicted molar refractivity (Wildman–Crippen MR) is 111 cm³/mol. The molecule has 2 amide bonds. The number of ketones is 1. The van der Waals surface area contributed by atoms with E-state index in [4.69, 9.17) is 0 Å². The van der Waals surface area contributed by atoms with Crippen molar-refractivity contribution in [3.05, 3.63) is 65.7 Å². The summed E-state index contributed by atoms with van der Waals surface area (Å²) in [6.07, 6.45) is 0. The lowest BCUT2D eigenvalue weighted by Crippen LogP contribution is -2.39. The summed E-state index contributed by atoms with van der Waals surface area (Å²) >= 11 is 0.849. The molecule has 1 unspecified atom stereocenters. The molecule has 0 saturated carbocycles. The second-order valence-electron chi connectivity index (χ2n) is 5.90. The zero-order valence-corrected chi connectivity index (χ0v) is 16.6. The Morgan fingerprint density at radius 3 is 2.43 bits per heavy atom. The van der Waals surface area contributed by atoms with Gasteiger partial charge in [0.1, 0.15) is 0 Å². The quantitative estimate of drug-likeness (QED) is 0.670. The van der Waals surface area contributed by atoms with E-state index in [0.717, 1.165) is 22.9 Å². The molecule has 0 spiro atoms. The van der Waals surface area contributed by atoms with Crippen molar-refractivity contribution < 1.29 is 18.0 Å². The van der Waals surface area contributed by atoms with E-state index in [9.17, 15) is 18.0 Å². The molecule has 7 nitrogen and oxygen atoms in total. The van der Waals surface area contributed by atoms with E-state index in [1.165, 1.54) is 5.41 Å². The molecule has 0 radical (unpaired) electrons. The van der Waals surface area contributed by atoms with Crippen LogP contribution in [0.25, 0.3) is 11.1 Å². The lowest BCUT2D eigenvalue weighted by atomic mass is 10.0. The number of hydrogen-bond donors (Lipinski definition) is 3. The van der Waals surface area contributed by atoms with Crippen LogP contribution in [0, 0.1) is 0 Å². The number of anilines is 1. The lowest BCUT2D eigenvalue weighted by Gasteiger charge is -2.13. The van der Waals surface area contributed by atoms with Gasteiger partial charge in [-0.2, -0.15) is 0 Å². The Kier molecular flexibility index (Phi) is 6.18. The van der Waals surface area contributed by atoms with Crippen LogP contribution in [0.4, 0.5) is 10.5 Å². The molecule has 28 heavy (non-hydrogen) atoms. The number of hydrogen-bond acceptors (Lipinski definition) is 5. The van der Waals surface area contributed by atoms with Gasteiger partial charge in [-0.25, -0.2) is 17.9 Å². The Bertz CT molecular complexity index is 1020. The van der Waals surface area contributed by atoms with Crippen LogP contribution in [0.15, 0.2) is 65.7 Å². The number of amides is 2. The van der Waals surface area contributed by atoms with Crippen LogP contribution in [-0.4, -0.2) is 31.4 Å². The van der Waals surface area contributed by atoms with Gasteiger partial charge in [0.15, 0.2) is 4.58 Å². The Labute approximate surface area is 167 Å². The molecule has 0 saturated heterocycles. The molecule has 2 aromatic carbocycles. The second-order valence-corrected chi connectivity index (χ2v) is 9.03. The smallest absolute Gasteiger partial charge is 0.307 e. The second kappa shape index (κ2) is 8.59. The lowest BCUT2D eigenvalue weighted by molar-refractivity contribution is -0.113. The maximum absolute atomic E-state index is 12.4. The average Bonchev–Trinajstić information content (AvgIpc) is 3.04. The standard InChI is InChI=1S/C19H19N3O4S2/c1-2-20-28(25,26)18-17(23)16(12-27-18)22-19(24)21-15-11-7-6-10-14(15)13-8-4-3-5-9-13/h3-12,18,20H,2H2,1H3,(H2,21,22,24). The first kappa shape index (κ1) is 20.1. The summed E-state index contributed by atoms with van der Waals surface area (Å²) in [6.45, 7) is 1.82. The van der Waals surface area contributed by atoms with Gasteiger partial charge in [-0.3, -0.25) is 4.79 Å². The van der Waals surface area contributed by atoms with Crippen molar-refractivity contribution in [1.29, 1.82) is 0 Å². The fourth-order valence-electron chi connectivity index (χ4n) is 2.70. The van der Waals surface area contributed by atoms with Crippen molar-refractivity contribution in [3.63, 3.8) is 0 Å². The molecule has 1 atom stereocenters. The summed E-state index contributed by atoms with van der Waals surface area (Å²) in [5, 5.41) is 6.52. The SMILES string of the molecule is CCNS(=O)(=O)C1SC=C(NC(=O)Nc2ccccc2-c2ccccc2)C1=O. The first-order chi connectivity index (χ1) is 13.4. The monoisotopic (exact) mass is 417 g/mol. The predicted octanol–water partition coefficient (Wildman–Crippen LogP) is 2.90. The van der Waals surface area contributed by atoms with Crippen LogP contribution >= 0.6 is 11.8 Å². The van der Waals surface area contributed by atoms with Crippen molar-refractivity contribution in [3.8, 4) is 11.1 Å². The highest BCUT2D eigenvalue weighted by Crippen LogP contribution is 2.30. The van der Waals surface area contributed by atoms with Crippen molar-refractivity contribution in [1.82, 2.24) is 10.0 Å². The molecule has 3 rings (SSSR count). The van der Waals surface area contributed by atoms with E-state index in [1.807, 2.05) is 42.5 Å². The van der Waals surface area contributed by atoms with E-state index >= 15 is 0 Å². The maximum Gasteiger partial charge on any atom is 0.323 e. The first-order valence-electron chi connectivity index (χ1n) is 8.53. The fraction of sp³-hybridized carbons (Fsp3) is 0.158. The van der Waals surface area contributed by atoms with E-state index in [0.29, 0.717) is 5.69 Å². The van der Waals surface area contributed by atoms with Gasteiger partial charge in [0.05, 0.1) is 11.4 Å². The van der Waals surface area contributed by atoms with Gasteiger partial charge in [-0.05, 0) is 11.6 Å². The molecule has 3 N–H and O–H groups in total. The van der Waals surface area contributed by atoms with Crippen LogP contribution in [0.1, 0.15) is 6.92 Å². The summed E-state index contributed by atoms with van der Waals surface area (Å²) in [4.78, 5) is 24.7. The summed E-state index contributed by atoms with van der Waals surface area (Å²) in [5.74, 6) is -0.655. The molecule has 1 aliphatic rings. The van der Waals surface area contributed by atoms with Crippen LogP contribution in [0.2, 0.25) is 0 Å². The Hall–Kier alpha value is -2.62. The average molecular weight is 418 g/mol. The minimum absolute atomic E-state index is 0.0498. The number of thioether (sulfide) groups is 1. The highest BCUT2D eigenvalue weighted by molar-refractivity contribution is 8.16. The van der Waals surface area contributed by atoms with E-state index in [1.54, 1.807) is 19.1 Å². The number of carbonyl (C=O) groups is 2. The molecular formula is C19H19N3O4S2. The minimum Gasteiger partial charge on any atom is -0.307 e. The van der Waals surface area contributed by atoms with Gasteiger partial charge < -0.3 is 10.6 Å². The number of Topliss-reactive ketones (excluding diaryl/α,β-unsaturated/α-hetero) is 1. The number of carbonyl (C=O) groups excluding carboxylic acids is 2. The molecule has 146 valence electrons. The molecule has 0 aromatic heterocycles. The number of allylic oxidation sites excluding steroid dienone is 1. The van der Waals surface area contributed by atoms with Gasteiger partial charge in [-0.15, -0.1) is 11.8 Å². The molecule has 1 aliphatic heterocycles. The third-order valence-electron chi connectivity index (χ3n) is 3.92. The van der Waals surface area contributed by atoms with Crippen LogP contribution in [0.5, 0.6) is 0 Å². The van der Waals surface area contributed by atoms with E-state index in [-0.39, 0.29) is 12.2 Å². The molecule has 0 bridgehead atoms. The third-order valence-corrected chi connectivity index (χ3v) is 7.32. The molecule has 1 heterocycles. The Morgan fingerprint density at radius 2 is 1.71 bits per heavy atom. The zero-order chi connectivity index (χ0) is 20.1. The van der Waals surface area contributed by atoms with E-state index < -0.39 is 26.4 Å². The fourth-order valence-corrected chi connectivity index (χ4v) is 5.30. The minimum atomic E-state index is -3.79. The van der Waals surface area contributed by atoms with Crippen LogP contribution in [-0.2, 0) is 14.8 Å². The van der Waals surface area contributed by atoms with Gasteiger partial charge in [-0.1, -0.05) is 55.5 Å². The van der Waals surface area contributed by atoms with Crippen LogP contribution in [0.3, 0.4) is 0 Å². The maximum atomic E-state index is 12.4. The van der Waals surface area contributed by atoms with Crippen molar-refractivity contribution in [2.75, 3.05) is 11.9 Å². The molecule has 0 aliphatic carbocycles. The normalized spacial score (nSPS) is 16.5.